The summed E-state index contributed by atoms with van der Waals surface area (Å²) in [5.41, 5.74) is 0.00841. The number of carboxylic acids is 1. The van der Waals surface area contributed by atoms with Gasteiger partial charge in [-0.25, -0.2) is 9.78 Å². The van der Waals surface area contributed by atoms with Crippen molar-refractivity contribution in [2.45, 2.75) is 44.5 Å². The number of carbonyl (C=O) groups is 1. The van der Waals surface area contributed by atoms with Crippen molar-refractivity contribution in [1.29, 1.82) is 0 Å². The number of thiazole rings is 1. The number of hydrogen-bond donors (Lipinski definition) is 1. The van der Waals surface area contributed by atoms with Crippen molar-refractivity contribution in [2.24, 2.45) is 0 Å². The number of rotatable bonds is 6. The molecule has 1 N–H and O–H groups in total. The molecule has 158 valence electrons. The Morgan fingerprint density at radius 1 is 1.27 bits per heavy atom. The molecule has 2 aromatic heterocycles. The first-order valence-electron chi connectivity index (χ1n) is 9.37. The third kappa shape index (κ3) is 4.64. The summed E-state index contributed by atoms with van der Waals surface area (Å²) in [6, 6.07) is 3.69. The minimum absolute atomic E-state index is 0.0540. The summed E-state index contributed by atoms with van der Waals surface area (Å²) >= 11 is 1.27. The van der Waals surface area contributed by atoms with Crippen LogP contribution in [0.3, 0.4) is 0 Å². The first-order valence-corrected chi connectivity index (χ1v) is 10.3. The lowest BCUT2D eigenvalue weighted by atomic mass is 10.1. The quantitative estimate of drug-likeness (QED) is 0.581. The Hall–Kier alpha value is -2.88. The van der Waals surface area contributed by atoms with E-state index in [0.29, 0.717) is 16.3 Å². The second-order valence-electron chi connectivity index (χ2n) is 7.13. The number of hydrogen-bond acceptors (Lipinski definition) is 5. The molecule has 6 nitrogen and oxygen atoms in total. The molecule has 1 aliphatic rings. The van der Waals surface area contributed by atoms with Crippen molar-refractivity contribution in [3.63, 3.8) is 0 Å². The summed E-state index contributed by atoms with van der Waals surface area (Å²) in [4.78, 5) is 15.4. The van der Waals surface area contributed by atoms with Gasteiger partial charge in [0.05, 0.1) is 35.7 Å². The molecule has 0 aliphatic heterocycles. The fourth-order valence-corrected chi connectivity index (χ4v) is 4.19. The highest BCUT2D eigenvalue weighted by Gasteiger charge is 2.32. The van der Waals surface area contributed by atoms with Crippen LogP contribution >= 0.6 is 11.3 Å². The molecule has 1 aromatic carbocycles. The van der Waals surface area contributed by atoms with Crippen LogP contribution < -0.4 is 4.74 Å². The fraction of sp³-hybridized carbons (Fsp3) is 0.350. The van der Waals surface area contributed by atoms with Crippen LogP contribution in [0, 0.1) is 0 Å². The maximum Gasteiger partial charge on any atom is 0.416 e. The van der Waals surface area contributed by atoms with Crippen LogP contribution in [0.1, 0.15) is 46.6 Å². The average molecular weight is 437 g/mol. The van der Waals surface area contributed by atoms with Gasteiger partial charge in [0.15, 0.2) is 0 Å². The molecule has 1 aliphatic carbocycles. The number of carboxylic acid groups (broad SMARTS) is 1. The molecule has 30 heavy (non-hydrogen) atoms. The van der Waals surface area contributed by atoms with E-state index in [4.69, 9.17) is 9.84 Å². The predicted octanol–water partition coefficient (Wildman–Crippen LogP) is 5.09. The van der Waals surface area contributed by atoms with Gasteiger partial charge in [0.2, 0.25) is 0 Å². The highest BCUT2D eigenvalue weighted by atomic mass is 32.1. The van der Waals surface area contributed by atoms with Crippen LogP contribution in [0.2, 0.25) is 0 Å². The molecule has 0 unspecified atom stereocenters. The van der Waals surface area contributed by atoms with Gasteiger partial charge in [0.1, 0.15) is 10.8 Å². The maximum absolute atomic E-state index is 13.4. The van der Waals surface area contributed by atoms with E-state index < -0.39 is 17.7 Å². The summed E-state index contributed by atoms with van der Waals surface area (Å²) in [6.45, 7) is 0.225. The second-order valence-corrected chi connectivity index (χ2v) is 8.07. The molecule has 10 heteroatoms. The lowest BCUT2D eigenvalue weighted by Crippen LogP contribution is -2.12. The molecule has 0 radical (unpaired) electrons. The Labute approximate surface area is 173 Å². The first kappa shape index (κ1) is 20.4. The van der Waals surface area contributed by atoms with Crippen molar-refractivity contribution in [1.82, 2.24) is 14.8 Å². The van der Waals surface area contributed by atoms with E-state index in [9.17, 15) is 18.0 Å². The Kier molecular flexibility index (Phi) is 5.50. The predicted molar refractivity (Wildman–Crippen MR) is 104 cm³/mol. The summed E-state index contributed by atoms with van der Waals surface area (Å²) in [6.07, 6.45) is 1.77. The van der Waals surface area contributed by atoms with Crippen LogP contribution in [-0.4, -0.2) is 31.9 Å². The number of nitrogens with zero attached hydrogens (tertiary/aromatic N) is 3. The molecule has 3 aromatic rings. The summed E-state index contributed by atoms with van der Waals surface area (Å²) in [5.74, 6) is -0.890. The Morgan fingerprint density at radius 2 is 2.03 bits per heavy atom. The fourth-order valence-electron chi connectivity index (χ4n) is 3.39. The molecular weight excluding hydrogens is 419 g/mol. The zero-order chi connectivity index (χ0) is 21.3. The minimum atomic E-state index is -4.50. The monoisotopic (exact) mass is 437 g/mol. The second kappa shape index (κ2) is 8.10. The first-order chi connectivity index (χ1) is 14.3. The van der Waals surface area contributed by atoms with Crippen molar-refractivity contribution in [3.8, 4) is 17.0 Å². The number of aromatic nitrogens is 3. The van der Waals surface area contributed by atoms with Crippen molar-refractivity contribution < 1.29 is 27.8 Å². The molecule has 0 spiro atoms. The van der Waals surface area contributed by atoms with Crippen LogP contribution in [0.15, 0.2) is 36.0 Å². The molecule has 0 bridgehead atoms. The molecule has 0 saturated heterocycles. The van der Waals surface area contributed by atoms with Gasteiger partial charge in [-0.2, -0.15) is 18.3 Å². The molecule has 1 saturated carbocycles. The van der Waals surface area contributed by atoms with Gasteiger partial charge in [-0.1, -0.05) is 0 Å². The van der Waals surface area contributed by atoms with E-state index in [1.165, 1.54) is 28.4 Å². The minimum Gasteiger partial charge on any atom is -0.490 e. The van der Waals surface area contributed by atoms with E-state index in [-0.39, 0.29) is 24.0 Å². The van der Waals surface area contributed by atoms with E-state index in [1.807, 2.05) is 0 Å². The zero-order valence-corrected chi connectivity index (χ0v) is 16.5. The zero-order valence-electron chi connectivity index (χ0n) is 15.7. The highest BCUT2D eigenvalue weighted by Crippen LogP contribution is 2.37. The van der Waals surface area contributed by atoms with Crippen LogP contribution in [0.25, 0.3) is 11.3 Å². The third-order valence-electron chi connectivity index (χ3n) is 4.86. The van der Waals surface area contributed by atoms with E-state index in [1.54, 1.807) is 11.4 Å². The summed E-state index contributed by atoms with van der Waals surface area (Å²) < 4.78 is 47.4. The Morgan fingerprint density at radius 3 is 2.70 bits per heavy atom. The third-order valence-corrected chi connectivity index (χ3v) is 5.70. The number of benzene rings is 1. The molecule has 1 fully saturated rings. The molecule has 0 amide bonds. The van der Waals surface area contributed by atoms with Gasteiger partial charge in [-0.3, -0.25) is 4.68 Å². The van der Waals surface area contributed by atoms with Crippen LogP contribution in [0.4, 0.5) is 13.2 Å². The van der Waals surface area contributed by atoms with Crippen LogP contribution in [0.5, 0.6) is 5.75 Å². The number of aromatic carboxylic acids is 1. The van der Waals surface area contributed by atoms with Gasteiger partial charge < -0.3 is 9.84 Å². The number of alkyl halides is 3. The largest absolute Gasteiger partial charge is 0.490 e. The van der Waals surface area contributed by atoms with E-state index >= 15 is 0 Å². The summed E-state index contributed by atoms with van der Waals surface area (Å²) in [7, 11) is 0. The van der Waals surface area contributed by atoms with Crippen LogP contribution in [-0.2, 0) is 12.7 Å². The van der Waals surface area contributed by atoms with Gasteiger partial charge in [0, 0.05) is 17.1 Å². The van der Waals surface area contributed by atoms with Gasteiger partial charge in [-0.05, 0) is 43.9 Å². The average Bonchev–Trinajstić information content (AvgIpc) is 3.43. The van der Waals surface area contributed by atoms with Gasteiger partial charge in [-0.15, -0.1) is 11.3 Å². The molecule has 4 rings (SSSR count). The van der Waals surface area contributed by atoms with Crippen molar-refractivity contribution in [2.75, 3.05) is 0 Å². The molecule has 2 heterocycles. The van der Waals surface area contributed by atoms with Crippen molar-refractivity contribution >= 4 is 17.3 Å². The lowest BCUT2D eigenvalue weighted by molar-refractivity contribution is -0.137. The van der Waals surface area contributed by atoms with E-state index in [0.717, 1.165) is 37.8 Å². The van der Waals surface area contributed by atoms with Crippen molar-refractivity contribution in [3.05, 3.63) is 52.1 Å². The summed E-state index contributed by atoms with van der Waals surface area (Å²) in [5, 5.41) is 15.2. The molecular formula is C20H18F3N3O3S. The Bertz CT molecular complexity index is 1050. The highest BCUT2D eigenvalue weighted by molar-refractivity contribution is 7.09. The topological polar surface area (TPSA) is 77.2 Å². The Balaban J connectivity index is 1.59. The SMILES string of the molecule is O=C(O)c1cnn(Cc2nc(-c3cc(OC4CCCC4)cc(C(F)(F)F)c3)cs2)c1. The number of halogens is 3. The van der Waals surface area contributed by atoms with Gasteiger partial charge >= 0.3 is 12.1 Å². The normalized spacial score (nSPS) is 14.9. The van der Waals surface area contributed by atoms with Gasteiger partial charge in [0.25, 0.3) is 0 Å². The number of ether oxygens (including phenoxy) is 1. The molecule has 0 atom stereocenters. The maximum atomic E-state index is 13.4. The lowest BCUT2D eigenvalue weighted by Gasteiger charge is -2.16. The smallest absolute Gasteiger partial charge is 0.416 e. The standard InChI is InChI=1S/C20H18F3N3O3S/c21-20(22,23)14-5-12(6-16(7-14)29-15-3-1-2-4-15)17-11-30-18(25-17)10-26-9-13(8-24-26)19(27)28/h5-9,11,15H,1-4,10H2,(H,27,28). The van der Waals surface area contributed by atoms with E-state index in [2.05, 4.69) is 10.1 Å².